The van der Waals surface area contributed by atoms with E-state index in [0.717, 1.165) is 31.1 Å². The van der Waals surface area contributed by atoms with Gasteiger partial charge in [-0.15, -0.1) is 0 Å². The zero-order valence-electron chi connectivity index (χ0n) is 13.4. The van der Waals surface area contributed by atoms with Crippen molar-refractivity contribution < 1.29 is 17.6 Å². The van der Waals surface area contributed by atoms with E-state index in [9.17, 15) is 17.6 Å². The predicted molar refractivity (Wildman–Crippen MR) is 85.6 cm³/mol. The summed E-state index contributed by atoms with van der Waals surface area (Å²) in [6.45, 7) is 4.27. The maximum Gasteiger partial charge on any atom is 0.240 e. The highest BCUT2D eigenvalue weighted by atomic mass is 32.2. The molecule has 0 aliphatic carbocycles. The quantitative estimate of drug-likeness (QED) is 0.689. The van der Waals surface area contributed by atoms with Gasteiger partial charge in [-0.3, -0.25) is 4.79 Å². The summed E-state index contributed by atoms with van der Waals surface area (Å²) in [6, 6.07) is 5.90. The van der Waals surface area contributed by atoms with Gasteiger partial charge in [0, 0.05) is 19.3 Å². The molecule has 1 amide bonds. The molecule has 1 aromatic rings. The second kappa shape index (κ2) is 8.27. The van der Waals surface area contributed by atoms with Crippen molar-refractivity contribution in [3.05, 3.63) is 35.6 Å². The van der Waals surface area contributed by atoms with E-state index in [0.29, 0.717) is 13.1 Å². The van der Waals surface area contributed by atoms with Crippen LogP contribution in [-0.2, 0) is 21.2 Å². The zero-order chi connectivity index (χ0) is 16.8. The fraction of sp³-hybridized carbons (Fsp3) is 0.562. The first-order valence-electron chi connectivity index (χ1n) is 7.47. The molecule has 0 saturated carbocycles. The number of benzene rings is 1. The van der Waals surface area contributed by atoms with Gasteiger partial charge >= 0.3 is 0 Å². The van der Waals surface area contributed by atoms with Crippen LogP contribution in [0, 0.1) is 5.82 Å². The molecule has 1 aromatic carbocycles. The lowest BCUT2D eigenvalue weighted by molar-refractivity contribution is -0.131. The fourth-order valence-electron chi connectivity index (χ4n) is 2.07. The van der Waals surface area contributed by atoms with E-state index >= 15 is 0 Å². The topological polar surface area (TPSA) is 54.5 Å². The Morgan fingerprint density at radius 1 is 1.23 bits per heavy atom. The van der Waals surface area contributed by atoms with Crippen molar-refractivity contribution in [1.29, 1.82) is 0 Å². The highest BCUT2D eigenvalue weighted by molar-refractivity contribution is 7.92. The average Bonchev–Trinajstić information content (AvgIpc) is 2.46. The molecule has 1 atom stereocenters. The number of amides is 1. The molecule has 0 radical (unpaired) electrons. The first-order chi connectivity index (χ1) is 10.3. The van der Waals surface area contributed by atoms with Gasteiger partial charge in [-0.1, -0.05) is 31.9 Å². The Morgan fingerprint density at radius 2 is 1.82 bits per heavy atom. The molecule has 0 fully saturated rings. The van der Waals surface area contributed by atoms with E-state index in [1.165, 1.54) is 19.1 Å². The van der Waals surface area contributed by atoms with E-state index in [2.05, 4.69) is 6.92 Å². The Labute approximate surface area is 132 Å². The molecule has 0 aliphatic heterocycles. The maximum atomic E-state index is 13.0. The molecule has 1 rings (SSSR count). The van der Waals surface area contributed by atoms with Gasteiger partial charge in [0.2, 0.25) is 5.91 Å². The standard InChI is InChI=1S/C16H24FNO3S/c1-4-5-6-11-18(16(19)13(2)22(3,20)21)12-14-7-9-15(17)10-8-14/h7-10,13H,4-6,11-12H2,1-3H3/t13-/m0/s1. The average molecular weight is 329 g/mol. The number of carbonyl (C=O) groups is 1. The number of halogens is 1. The number of hydrogen-bond donors (Lipinski definition) is 0. The third-order valence-corrected chi connectivity index (χ3v) is 5.11. The molecular formula is C16H24FNO3S. The summed E-state index contributed by atoms with van der Waals surface area (Å²) in [7, 11) is -3.43. The number of carbonyl (C=O) groups excluding carboxylic acids is 1. The molecule has 0 saturated heterocycles. The smallest absolute Gasteiger partial charge is 0.240 e. The molecule has 0 N–H and O–H groups in total. The lowest BCUT2D eigenvalue weighted by Gasteiger charge is -2.25. The van der Waals surface area contributed by atoms with Crippen molar-refractivity contribution in [3.63, 3.8) is 0 Å². The minimum absolute atomic E-state index is 0.294. The van der Waals surface area contributed by atoms with Gasteiger partial charge < -0.3 is 4.90 Å². The Bertz CT molecular complexity index is 584. The van der Waals surface area contributed by atoms with Crippen molar-refractivity contribution in [1.82, 2.24) is 4.90 Å². The van der Waals surface area contributed by atoms with Gasteiger partial charge in [0.05, 0.1) is 0 Å². The number of unbranched alkanes of at least 4 members (excludes halogenated alkanes) is 2. The van der Waals surface area contributed by atoms with Crippen LogP contribution in [-0.4, -0.2) is 37.3 Å². The molecule has 4 nitrogen and oxygen atoms in total. The van der Waals surface area contributed by atoms with Crippen LogP contribution in [0.1, 0.15) is 38.7 Å². The third-order valence-electron chi connectivity index (χ3n) is 3.62. The van der Waals surface area contributed by atoms with Gasteiger partial charge in [0.25, 0.3) is 0 Å². The van der Waals surface area contributed by atoms with E-state index in [1.54, 1.807) is 17.0 Å². The Hall–Kier alpha value is -1.43. The summed E-state index contributed by atoms with van der Waals surface area (Å²) in [4.78, 5) is 14.0. The minimum atomic E-state index is -3.43. The van der Waals surface area contributed by atoms with Crippen LogP contribution in [0.3, 0.4) is 0 Å². The van der Waals surface area contributed by atoms with Crippen LogP contribution in [0.4, 0.5) is 4.39 Å². The van der Waals surface area contributed by atoms with Crippen molar-refractivity contribution in [3.8, 4) is 0 Å². The van der Waals surface area contributed by atoms with E-state index in [4.69, 9.17) is 0 Å². The summed E-state index contributed by atoms with van der Waals surface area (Å²) in [6.07, 6.45) is 3.87. The number of rotatable bonds is 8. The largest absolute Gasteiger partial charge is 0.337 e. The van der Waals surface area contributed by atoms with Crippen LogP contribution in [0.25, 0.3) is 0 Å². The fourth-order valence-corrected chi connectivity index (χ4v) is 2.59. The van der Waals surface area contributed by atoms with Gasteiger partial charge in [0.1, 0.15) is 11.1 Å². The Kier molecular flexibility index (Phi) is 7.00. The van der Waals surface area contributed by atoms with E-state index in [1.807, 2.05) is 0 Å². The maximum absolute atomic E-state index is 13.0. The summed E-state index contributed by atoms with van der Waals surface area (Å²) in [5.41, 5.74) is 0.784. The normalized spacial score (nSPS) is 12.9. The van der Waals surface area contributed by atoms with Crippen LogP contribution in [0.5, 0.6) is 0 Å². The van der Waals surface area contributed by atoms with Gasteiger partial charge in [-0.05, 0) is 31.0 Å². The van der Waals surface area contributed by atoms with Gasteiger partial charge in [-0.2, -0.15) is 0 Å². The molecule has 0 bridgehead atoms. The highest BCUT2D eigenvalue weighted by Gasteiger charge is 2.28. The molecule has 0 unspecified atom stereocenters. The van der Waals surface area contributed by atoms with Crippen LogP contribution in [0.15, 0.2) is 24.3 Å². The number of hydrogen-bond acceptors (Lipinski definition) is 3. The molecular weight excluding hydrogens is 305 g/mol. The van der Waals surface area contributed by atoms with Crippen LogP contribution >= 0.6 is 0 Å². The van der Waals surface area contributed by atoms with Crippen molar-refractivity contribution in [2.24, 2.45) is 0 Å². The predicted octanol–water partition coefficient (Wildman–Crippen LogP) is 2.78. The third kappa shape index (κ3) is 5.75. The SMILES string of the molecule is CCCCCN(Cc1ccc(F)cc1)C(=O)[C@H](C)S(C)(=O)=O. The monoisotopic (exact) mass is 329 g/mol. The van der Waals surface area contributed by atoms with E-state index < -0.39 is 21.0 Å². The molecule has 6 heteroatoms. The first kappa shape index (κ1) is 18.6. The molecule has 0 aliphatic rings. The summed E-state index contributed by atoms with van der Waals surface area (Å²) in [5.74, 6) is -0.736. The first-order valence-corrected chi connectivity index (χ1v) is 9.43. The second-order valence-electron chi connectivity index (χ2n) is 5.57. The minimum Gasteiger partial charge on any atom is -0.337 e. The zero-order valence-corrected chi connectivity index (χ0v) is 14.2. The summed E-state index contributed by atoms with van der Waals surface area (Å²) < 4.78 is 36.2. The van der Waals surface area contributed by atoms with Crippen LogP contribution < -0.4 is 0 Å². The molecule has 0 spiro atoms. The Balaban J connectivity index is 2.87. The van der Waals surface area contributed by atoms with Gasteiger partial charge in [-0.25, -0.2) is 12.8 Å². The summed E-state index contributed by atoms with van der Waals surface area (Å²) in [5, 5.41) is -1.06. The molecule has 124 valence electrons. The highest BCUT2D eigenvalue weighted by Crippen LogP contribution is 2.12. The number of nitrogens with zero attached hydrogens (tertiary/aromatic N) is 1. The molecule has 22 heavy (non-hydrogen) atoms. The van der Waals surface area contributed by atoms with Crippen molar-refractivity contribution in [2.45, 2.75) is 44.9 Å². The Morgan fingerprint density at radius 3 is 2.32 bits per heavy atom. The summed E-state index contributed by atoms with van der Waals surface area (Å²) >= 11 is 0. The molecule has 0 aromatic heterocycles. The van der Waals surface area contributed by atoms with Crippen LogP contribution in [0.2, 0.25) is 0 Å². The molecule has 0 heterocycles. The van der Waals surface area contributed by atoms with Crippen molar-refractivity contribution in [2.75, 3.05) is 12.8 Å². The van der Waals surface area contributed by atoms with Gasteiger partial charge in [0.15, 0.2) is 9.84 Å². The van der Waals surface area contributed by atoms with Crippen molar-refractivity contribution >= 4 is 15.7 Å². The second-order valence-corrected chi connectivity index (χ2v) is 7.93. The van der Waals surface area contributed by atoms with E-state index in [-0.39, 0.29) is 5.82 Å². The lowest BCUT2D eigenvalue weighted by atomic mass is 10.2. The lowest BCUT2D eigenvalue weighted by Crippen LogP contribution is -2.41. The number of sulfone groups is 1.